The van der Waals surface area contributed by atoms with Crippen LogP contribution in [-0.2, 0) is 11.3 Å². The van der Waals surface area contributed by atoms with Crippen molar-refractivity contribution >= 4 is 30.7 Å². The van der Waals surface area contributed by atoms with Crippen LogP contribution in [0.2, 0.25) is 0 Å². The van der Waals surface area contributed by atoms with Gasteiger partial charge in [0.25, 0.3) is 0 Å². The summed E-state index contributed by atoms with van der Waals surface area (Å²) in [7, 11) is 0. The van der Waals surface area contributed by atoms with Crippen LogP contribution in [0.25, 0.3) is 5.69 Å². The van der Waals surface area contributed by atoms with Crippen LogP contribution < -0.4 is 11.1 Å². The quantitative estimate of drug-likeness (QED) is 0.752. The molecule has 4 rings (SSSR count). The van der Waals surface area contributed by atoms with Crippen molar-refractivity contribution in [1.82, 2.24) is 14.9 Å². The van der Waals surface area contributed by atoms with E-state index in [9.17, 15) is 9.18 Å². The number of nitrogens with two attached hydrogens (primary N) is 1. The zero-order chi connectivity index (χ0) is 19.0. The molecule has 1 aromatic heterocycles. The van der Waals surface area contributed by atoms with Crippen LogP contribution in [0, 0.1) is 30.5 Å². The van der Waals surface area contributed by atoms with Crippen molar-refractivity contribution in [1.29, 1.82) is 0 Å². The number of rotatable bonds is 4. The van der Waals surface area contributed by atoms with E-state index in [1.165, 1.54) is 12.5 Å². The van der Waals surface area contributed by atoms with Gasteiger partial charge in [-0.3, -0.25) is 4.79 Å². The lowest BCUT2D eigenvalue weighted by Crippen LogP contribution is -2.49. The number of hydrogen-bond donors (Lipinski definition) is 2. The van der Waals surface area contributed by atoms with Gasteiger partial charge in [0, 0.05) is 30.9 Å². The Hall–Kier alpha value is -1.63. The number of fused-ring (bicyclic) bond motifs is 2. The maximum atomic E-state index is 14.5. The largest absolute Gasteiger partial charge is 0.352 e. The number of carbonyl (C=O) groups excluding carboxylic acids is 1. The minimum absolute atomic E-state index is 0. The minimum atomic E-state index is -0.318. The molecule has 2 fully saturated rings. The molecule has 8 heteroatoms. The van der Waals surface area contributed by atoms with Crippen LogP contribution in [-0.4, -0.2) is 21.5 Å². The monoisotopic (exact) mass is 442 g/mol. The molecule has 2 bridgehead atoms. The number of aryl methyl sites for hydroxylation is 1. The Morgan fingerprint density at radius 3 is 2.55 bits per heavy atom. The van der Waals surface area contributed by atoms with Crippen LogP contribution in [0.1, 0.15) is 43.5 Å². The normalized spacial score (nSPS) is 25.5. The number of benzene rings is 1. The fourth-order valence-corrected chi connectivity index (χ4v) is 4.83. The second kappa shape index (κ2) is 9.92. The molecule has 3 N–H and O–H groups in total. The molecule has 0 saturated heterocycles. The Labute approximate surface area is 183 Å². The molecular formula is C21H29Cl2FN4O. The number of hydrogen-bond acceptors (Lipinski definition) is 3. The van der Waals surface area contributed by atoms with Crippen LogP contribution in [0.3, 0.4) is 0 Å². The van der Waals surface area contributed by atoms with Gasteiger partial charge in [-0.15, -0.1) is 24.8 Å². The van der Waals surface area contributed by atoms with Gasteiger partial charge in [0.15, 0.2) is 0 Å². The van der Waals surface area contributed by atoms with Gasteiger partial charge in [-0.2, -0.15) is 0 Å². The van der Waals surface area contributed by atoms with Crippen LogP contribution in [0.5, 0.6) is 0 Å². The number of amides is 1. The standard InChI is InChI=1S/C21H27FN4O.2ClH/c1-13-24-7-8-26(13)19-6-5-14(9-18(19)22)12-25-21(27)17-10-15-3-2-4-16(11-17)20(15)23;;/h5-9,15-17,20H,2-4,10-12,23H2,1H3,(H,25,27);2*1H. The number of carbonyl (C=O) groups is 1. The van der Waals surface area contributed by atoms with Gasteiger partial charge in [0.05, 0.1) is 5.69 Å². The van der Waals surface area contributed by atoms with E-state index in [-0.39, 0.29) is 48.5 Å². The van der Waals surface area contributed by atoms with E-state index in [1.54, 1.807) is 23.0 Å². The molecule has 2 aromatic rings. The first-order chi connectivity index (χ1) is 13.0. The summed E-state index contributed by atoms with van der Waals surface area (Å²) in [5, 5.41) is 3.00. The van der Waals surface area contributed by atoms with Gasteiger partial charge in [-0.25, -0.2) is 9.37 Å². The summed E-state index contributed by atoms with van der Waals surface area (Å²) < 4.78 is 16.2. The van der Waals surface area contributed by atoms with Crippen LogP contribution in [0.4, 0.5) is 4.39 Å². The molecule has 2 unspecified atom stereocenters. The minimum Gasteiger partial charge on any atom is -0.352 e. The lowest BCUT2D eigenvalue weighted by molar-refractivity contribution is -0.128. The lowest BCUT2D eigenvalue weighted by atomic mass is 9.65. The molecule has 1 heterocycles. The summed E-state index contributed by atoms with van der Waals surface area (Å²) in [5.74, 6) is 1.48. The first kappa shape index (κ1) is 23.6. The van der Waals surface area contributed by atoms with E-state index in [2.05, 4.69) is 10.3 Å². The third kappa shape index (κ3) is 4.93. The van der Waals surface area contributed by atoms with Gasteiger partial charge in [-0.05, 0) is 62.1 Å². The number of nitrogens with zero attached hydrogens (tertiary/aromatic N) is 2. The molecular weight excluding hydrogens is 414 g/mol. The molecule has 2 atom stereocenters. The predicted molar refractivity (Wildman–Crippen MR) is 116 cm³/mol. The summed E-state index contributed by atoms with van der Waals surface area (Å²) in [6.45, 7) is 2.18. The van der Waals surface area contributed by atoms with Crippen molar-refractivity contribution in [3.05, 3.63) is 47.8 Å². The second-order valence-electron chi connectivity index (χ2n) is 8.04. The summed E-state index contributed by atoms with van der Waals surface area (Å²) in [6, 6.07) is 5.33. The molecule has 2 saturated carbocycles. The summed E-state index contributed by atoms with van der Waals surface area (Å²) >= 11 is 0. The topological polar surface area (TPSA) is 72.9 Å². The molecule has 1 amide bonds. The molecule has 2 aliphatic rings. The van der Waals surface area contributed by atoms with E-state index in [0.717, 1.165) is 37.1 Å². The molecule has 29 heavy (non-hydrogen) atoms. The van der Waals surface area contributed by atoms with E-state index < -0.39 is 0 Å². The average molecular weight is 443 g/mol. The van der Waals surface area contributed by atoms with Crippen molar-refractivity contribution in [3.63, 3.8) is 0 Å². The molecule has 2 aliphatic carbocycles. The highest BCUT2D eigenvalue weighted by Gasteiger charge is 2.40. The van der Waals surface area contributed by atoms with Gasteiger partial charge < -0.3 is 15.6 Å². The summed E-state index contributed by atoms with van der Waals surface area (Å²) in [6.07, 6.45) is 8.67. The molecule has 5 nitrogen and oxygen atoms in total. The SMILES string of the molecule is Cc1nccn1-c1ccc(CNC(=O)C2CC3CCCC(C2)C3N)cc1F.Cl.Cl. The lowest BCUT2D eigenvalue weighted by Gasteiger charge is -2.43. The highest BCUT2D eigenvalue weighted by molar-refractivity contribution is 5.85. The van der Waals surface area contributed by atoms with Crippen molar-refractivity contribution in [2.24, 2.45) is 23.5 Å². The fourth-order valence-electron chi connectivity index (χ4n) is 4.83. The van der Waals surface area contributed by atoms with E-state index >= 15 is 0 Å². The number of halogens is 3. The Bertz CT molecular complexity index is 830. The Kier molecular flexibility index (Phi) is 8.09. The summed E-state index contributed by atoms with van der Waals surface area (Å²) in [5.41, 5.74) is 7.54. The fraction of sp³-hybridized carbons (Fsp3) is 0.524. The Morgan fingerprint density at radius 2 is 1.97 bits per heavy atom. The molecule has 0 spiro atoms. The van der Waals surface area contributed by atoms with Crippen LogP contribution in [0.15, 0.2) is 30.6 Å². The third-order valence-corrected chi connectivity index (χ3v) is 6.35. The van der Waals surface area contributed by atoms with Gasteiger partial charge in [0.1, 0.15) is 11.6 Å². The highest BCUT2D eigenvalue weighted by atomic mass is 35.5. The van der Waals surface area contributed by atoms with Crippen molar-refractivity contribution in [3.8, 4) is 5.69 Å². The number of nitrogens with one attached hydrogen (secondary N) is 1. The van der Waals surface area contributed by atoms with Crippen molar-refractivity contribution < 1.29 is 9.18 Å². The molecule has 160 valence electrons. The van der Waals surface area contributed by atoms with Crippen LogP contribution >= 0.6 is 24.8 Å². The smallest absolute Gasteiger partial charge is 0.223 e. The highest BCUT2D eigenvalue weighted by Crippen LogP contribution is 2.41. The van der Waals surface area contributed by atoms with Crippen molar-refractivity contribution in [2.75, 3.05) is 0 Å². The molecule has 0 radical (unpaired) electrons. The zero-order valence-electron chi connectivity index (χ0n) is 16.5. The van der Waals surface area contributed by atoms with Gasteiger partial charge in [-0.1, -0.05) is 12.5 Å². The maximum Gasteiger partial charge on any atom is 0.223 e. The first-order valence-electron chi connectivity index (χ1n) is 9.85. The maximum absolute atomic E-state index is 14.5. The first-order valence-corrected chi connectivity index (χ1v) is 9.85. The average Bonchev–Trinajstić information content (AvgIpc) is 3.05. The van der Waals surface area contributed by atoms with Gasteiger partial charge >= 0.3 is 0 Å². The van der Waals surface area contributed by atoms with Gasteiger partial charge in [0.2, 0.25) is 5.91 Å². The predicted octanol–water partition coefficient (Wildman–Crippen LogP) is 3.93. The second-order valence-corrected chi connectivity index (χ2v) is 8.04. The van der Waals surface area contributed by atoms with E-state index in [1.807, 2.05) is 13.0 Å². The Balaban J connectivity index is 0.00000150. The Morgan fingerprint density at radius 1 is 1.28 bits per heavy atom. The zero-order valence-corrected chi connectivity index (χ0v) is 18.1. The molecule has 0 aliphatic heterocycles. The number of aromatic nitrogens is 2. The number of imidazole rings is 1. The summed E-state index contributed by atoms with van der Waals surface area (Å²) in [4.78, 5) is 16.8. The third-order valence-electron chi connectivity index (χ3n) is 6.35. The molecule has 1 aromatic carbocycles. The van der Waals surface area contributed by atoms with Crippen molar-refractivity contribution in [2.45, 2.75) is 51.6 Å². The van der Waals surface area contributed by atoms with E-state index in [0.29, 0.717) is 24.1 Å². The van der Waals surface area contributed by atoms with E-state index in [4.69, 9.17) is 5.73 Å².